The fraction of sp³-hybridized carbons (Fsp3) is 0.167. The van der Waals surface area contributed by atoms with E-state index >= 15 is 0 Å². The smallest absolute Gasteiger partial charge is 0.241 e. The number of rotatable bonds is 3. The summed E-state index contributed by atoms with van der Waals surface area (Å²) >= 11 is 12.1. The molecule has 1 aliphatic heterocycles. The minimum atomic E-state index is -0.862. The van der Waals surface area contributed by atoms with E-state index in [-0.39, 0.29) is 11.8 Å². The average Bonchev–Trinajstić information content (AvgIpc) is 3.27. The summed E-state index contributed by atoms with van der Waals surface area (Å²) in [7, 11) is 0. The van der Waals surface area contributed by atoms with Gasteiger partial charge in [-0.2, -0.15) is 0 Å². The van der Waals surface area contributed by atoms with Crippen molar-refractivity contribution in [3.8, 4) is 0 Å². The van der Waals surface area contributed by atoms with Gasteiger partial charge in [-0.25, -0.2) is 4.90 Å². The number of halogens is 2. The summed E-state index contributed by atoms with van der Waals surface area (Å²) < 4.78 is 0. The van der Waals surface area contributed by atoms with Crippen molar-refractivity contribution in [3.63, 3.8) is 0 Å². The first-order valence-electron chi connectivity index (χ1n) is 9.38. The second kappa shape index (κ2) is 6.19. The number of hydrogen-bond donors (Lipinski definition) is 0. The monoisotopic (exact) mass is 421 g/mol. The van der Waals surface area contributed by atoms with Crippen molar-refractivity contribution in [3.05, 3.63) is 100 Å². The zero-order chi connectivity index (χ0) is 20.4. The number of hydrogen-bond acceptors (Lipinski definition) is 2. The highest BCUT2D eigenvalue weighted by Gasteiger charge is 2.86. The molecule has 2 unspecified atom stereocenters. The molecule has 2 aliphatic rings. The largest absolute Gasteiger partial charge is 0.274 e. The summed E-state index contributed by atoms with van der Waals surface area (Å²) in [6.07, 6.45) is 0. The maximum Gasteiger partial charge on any atom is 0.241 e. The average molecular weight is 422 g/mol. The highest BCUT2D eigenvalue weighted by atomic mass is 35.5. The number of piperidine rings is 1. The standard InChI is InChI=1S/C24H17Cl2NO2/c1-23-20(21(28)27(22(23)29)17-12-13-18(25)19(26)14-17)24(23,15-8-4-2-5-9-15)16-10-6-3-7-11-16/h2-14,20H,1H3. The predicted molar refractivity (Wildman–Crippen MR) is 114 cm³/mol. The van der Waals surface area contributed by atoms with Gasteiger partial charge >= 0.3 is 0 Å². The molecule has 1 saturated heterocycles. The van der Waals surface area contributed by atoms with Gasteiger partial charge in [0, 0.05) is 5.41 Å². The molecule has 5 heteroatoms. The Bertz CT molecular complexity index is 1110. The molecular formula is C24H17Cl2NO2. The molecule has 0 N–H and O–H groups in total. The van der Waals surface area contributed by atoms with Crippen molar-refractivity contribution in [1.29, 1.82) is 0 Å². The third kappa shape index (κ3) is 2.20. The Morgan fingerprint density at radius 3 is 1.79 bits per heavy atom. The van der Waals surface area contributed by atoms with Gasteiger partial charge in [0.05, 0.1) is 27.1 Å². The van der Waals surface area contributed by atoms with Crippen molar-refractivity contribution in [2.45, 2.75) is 12.3 Å². The topological polar surface area (TPSA) is 37.4 Å². The third-order valence-corrected chi connectivity index (χ3v) is 7.22. The Kier molecular flexibility index (Phi) is 3.93. The Balaban J connectivity index is 1.67. The van der Waals surface area contributed by atoms with E-state index in [1.165, 1.54) is 4.90 Å². The number of carbonyl (C=O) groups is 2. The fourth-order valence-electron chi connectivity index (χ4n) is 5.18. The van der Waals surface area contributed by atoms with Crippen LogP contribution in [-0.4, -0.2) is 11.8 Å². The summed E-state index contributed by atoms with van der Waals surface area (Å²) in [6.45, 7) is 1.90. The molecule has 3 aromatic carbocycles. The molecular weight excluding hydrogens is 405 g/mol. The Morgan fingerprint density at radius 1 is 0.793 bits per heavy atom. The summed E-state index contributed by atoms with van der Waals surface area (Å²) in [6, 6.07) is 24.5. The molecule has 3 aromatic rings. The van der Waals surface area contributed by atoms with Gasteiger partial charge in [0.25, 0.3) is 0 Å². The first-order chi connectivity index (χ1) is 13.9. The first-order valence-corrected chi connectivity index (χ1v) is 10.1. The zero-order valence-corrected chi connectivity index (χ0v) is 17.1. The van der Waals surface area contributed by atoms with Gasteiger partial charge in [-0.1, -0.05) is 83.9 Å². The van der Waals surface area contributed by atoms with E-state index < -0.39 is 16.7 Å². The number of imide groups is 1. The van der Waals surface area contributed by atoms with Crippen LogP contribution in [0.4, 0.5) is 5.69 Å². The van der Waals surface area contributed by atoms with Gasteiger partial charge in [0.2, 0.25) is 11.8 Å². The Labute approximate surface area is 178 Å². The van der Waals surface area contributed by atoms with E-state index in [9.17, 15) is 9.59 Å². The molecule has 29 heavy (non-hydrogen) atoms. The van der Waals surface area contributed by atoms with Crippen LogP contribution in [0, 0.1) is 11.3 Å². The lowest BCUT2D eigenvalue weighted by atomic mass is 9.79. The minimum absolute atomic E-state index is 0.205. The van der Waals surface area contributed by atoms with E-state index in [0.29, 0.717) is 15.7 Å². The van der Waals surface area contributed by atoms with Gasteiger partial charge < -0.3 is 0 Å². The molecule has 2 atom stereocenters. The maximum absolute atomic E-state index is 13.7. The van der Waals surface area contributed by atoms with Gasteiger partial charge in [-0.15, -0.1) is 0 Å². The van der Waals surface area contributed by atoms with E-state index in [4.69, 9.17) is 23.2 Å². The molecule has 5 rings (SSSR count). The van der Waals surface area contributed by atoms with Crippen LogP contribution in [0.25, 0.3) is 0 Å². The van der Waals surface area contributed by atoms with Gasteiger partial charge in [0.15, 0.2) is 0 Å². The van der Waals surface area contributed by atoms with Crippen molar-refractivity contribution in [2.24, 2.45) is 11.3 Å². The highest BCUT2D eigenvalue weighted by Crippen LogP contribution is 2.76. The molecule has 144 valence electrons. The summed E-state index contributed by atoms with van der Waals surface area (Å²) in [5.74, 6) is -0.885. The molecule has 0 aromatic heterocycles. The molecule has 1 saturated carbocycles. The molecule has 1 heterocycles. The van der Waals surface area contributed by atoms with Crippen molar-refractivity contribution in [2.75, 3.05) is 4.90 Å². The molecule has 0 radical (unpaired) electrons. The number of amides is 2. The van der Waals surface area contributed by atoms with E-state index in [1.54, 1.807) is 18.2 Å². The number of nitrogens with zero attached hydrogens (tertiary/aromatic N) is 1. The van der Waals surface area contributed by atoms with Crippen LogP contribution in [0.5, 0.6) is 0 Å². The number of carbonyl (C=O) groups excluding carboxylic acids is 2. The lowest BCUT2D eigenvalue weighted by Gasteiger charge is -2.29. The van der Waals surface area contributed by atoms with Crippen LogP contribution in [0.3, 0.4) is 0 Å². The van der Waals surface area contributed by atoms with E-state index in [0.717, 1.165) is 11.1 Å². The highest BCUT2D eigenvalue weighted by molar-refractivity contribution is 6.42. The van der Waals surface area contributed by atoms with Crippen LogP contribution < -0.4 is 4.90 Å². The van der Waals surface area contributed by atoms with Crippen LogP contribution in [0.2, 0.25) is 10.0 Å². The van der Waals surface area contributed by atoms with Crippen LogP contribution in [0.15, 0.2) is 78.9 Å². The second-order valence-corrected chi connectivity index (χ2v) is 8.57. The van der Waals surface area contributed by atoms with Crippen molar-refractivity contribution >= 4 is 40.7 Å². The van der Waals surface area contributed by atoms with Crippen LogP contribution >= 0.6 is 23.2 Å². The lowest BCUT2D eigenvalue weighted by molar-refractivity contribution is -0.125. The van der Waals surface area contributed by atoms with Crippen molar-refractivity contribution < 1.29 is 9.59 Å². The molecule has 2 amide bonds. The van der Waals surface area contributed by atoms with Crippen LogP contribution in [-0.2, 0) is 15.0 Å². The minimum Gasteiger partial charge on any atom is -0.274 e. The van der Waals surface area contributed by atoms with Gasteiger partial charge in [-0.3, -0.25) is 9.59 Å². The summed E-state index contributed by atoms with van der Waals surface area (Å²) in [5.41, 5.74) is 0.885. The van der Waals surface area contributed by atoms with Crippen LogP contribution in [0.1, 0.15) is 18.1 Å². The van der Waals surface area contributed by atoms with E-state index in [2.05, 4.69) is 0 Å². The normalized spacial score (nSPS) is 24.5. The molecule has 0 bridgehead atoms. The number of anilines is 1. The molecule has 2 fully saturated rings. The van der Waals surface area contributed by atoms with Gasteiger partial charge in [0.1, 0.15) is 0 Å². The molecule has 1 aliphatic carbocycles. The first kappa shape index (κ1) is 18.4. The Morgan fingerprint density at radius 2 is 1.34 bits per heavy atom. The number of benzene rings is 3. The molecule has 0 spiro atoms. The second-order valence-electron chi connectivity index (χ2n) is 7.75. The fourth-order valence-corrected chi connectivity index (χ4v) is 5.47. The zero-order valence-electron chi connectivity index (χ0n) is 15.6. The third-order valence-electron chi connectivity index (χ3n) is 6.48. The van der Waals surface area contributed by atoms with Gasteiger partial charge in [-0.05, 0) is 36.2 Å². The van der Waals surface area contributed by atoms with Crippen molar-refractivity contribution in [1.82, 2.24) is 0 Å². The quantitative estimate of drug-likeness (QED) is 0.524. The Hall–Kier alpha value is -2.62. The van der Waals surface area contributed by atoms with E-state index in [1.807, 2.05) is 67.6 Å². The summed E-state index contributed by atoms with van der Waals surface area (Å²) in [4.78, 5) is 28.5. The summed E-state index contributed by atoms with van der Waals surface area (Å²) in [5, 5.41) is 0.696. The molecule has 3 nitrogen and oxygen atoms in total. The SMILES string of the molecule is CC12C(=O)N(c3ccc(Cl)c(Cl)c3)C(=O)C1C2(c1ccccc1)c1ccccc1. The predicted octanol–water partition coefficient (Wildman–Crippen LogP) is 5.49. The number of fused-ring (bicyclic) bond motifs is 1. The maximum atomic E-state index is 13.7. The lowest BCUT2D eigenvalue weighted by Crippen LogP contribution is -2.42.